The molecule has 2 N–H and O–H groups in total. The Labute approximate surface area is 153 Å². The van der Waals surface area contributed by atoms with Crippen molar-refractivity contribution in [2.45, 2.75) is 44.9 Å². The van der Waals surface area contributed by atoms with Crippen LogP contribution in [0.15, 0.2) is 36.5 Å². The lowest BCUT2D eigenvalue weighted by Crippen LogP contribution is -2.62. The van der Waals surface area contributed by atoms with E-state index >= 15 is 0 Å². The summed E-state index contributed by atoms with van der Waals surface area (Å²) in [5.41, 5.74) is 2.12. The van der Waals surface area contributed by atoms with Crippen LogP contribution in [0.2, 0.25) is 0 Å². The summed E-state index contributed by atoms with van der Waals surface area (Å²) >= 11 is 0. The summed E-state index contributed by atoms with van der Waals surface area (Å²) in [6.07, 6.45) is 2.46. The van der Waals surface area contributed by atoms with Crippen molar-refractivity contribution >= 4 is 22.7 Å². The summed E-state index contributed by atoms with van der Waals surface area (Å²) < 4.78 is 0. The van der Waals surface area contributed by atoms with Gasteiger partial charge in [-0.3, -0.25) is 14.6 Å². The van der Waals surface area contributed by atoms with Gasteiger partial charge in [-0.15, -0.1) is 0 Å². The van der Waals surface area contributed by atoms with E-state index in [1.807, 2.05) is 26.0 Å². The zero-order valence-electron chi connectivity index (χ0n) is 15.1. The van der Waals surface area contributed by atoms with Crippen molar-refractivity contribution in [1.29, 1.82) is 0 Å². The highest BCUT2D eigenvalue weighted by atomic mass is 16.2. The van der Waals surface area contributed by atoms with Gasteiger partial charge in [-0.2, -0.15) is 0 Å². The summed E-state index contributed by atoms with van der Waals surface area (Å²) in [6.45, 7) is 5.17. The predicted octanol–water partition coefficient (Wildman–Crippen LogP) is 1.45. The van der Waals surface area contributed by atoms with Gasteiger partial charge in [0.2, 0.25) is 11.8 Å². The normalized spacial score (nSPS) is 25.7. The first kappa shape index (κ1) is 17.0. The van der Waals surface area contributed by atoms with Crippen LogP contribution in [0.5, 0.6) is 0 Å². The molecule has 0 bridgehead atoms. The molecule has 2 fully saturated rings. The Morgan fingerprint density at radius 1 is 1.27 bits per heavy atom. The number of carbonyl (C=O) groups excluding carboxylic acids is 2. The number of hydrogen-bond acceptors (Lipinski definition) is 4. The van der Waals surface area contributed by atoms with Gasteiger partial charge in [0, 0.05) is 30.7 Å². The molecule has 6 heteroatoms. The average molecular weight is 352 g/mol. The Balaban J connectivity index is 1.46. The number of benzene rings is 1. The van der Waals surface area contributed by atoms with Gasteiger partial charge in [-0.1, -0.05) is 38.1 Å². The lowest BCUT2D eigenvalue weighted by Gasteiger charge is -2.36. The van der Waals surface area contributed by atoms with E-state index in [2.05, 4.69) is 33.8 Å². The predicted molar refractivity (Wildman–Crippen MR) is 99.3 cm³/mol. The number of hydrogen-bond donors (Lipinski definition) is 2. The molecule has 2 saturated heterocycles. The van der Waals surface area contributed by atoms with Crippen LogP contribution in [0, 0.1) is 5.92 Å². The number of amides is 2. The number of nitrogens with one attached hydrogen (secondary N) is 2. The molecular weight excluding hydrogens is 328 g/mol. The molecule has 2 amide bonds. The molecule has 0 spiro atoms. The number of aromatic nitrogens is 1. The Bertz CT molecular complexity index is 845. The molecule has 1 aromatic heterocycles. The van der Waals surface area contributed by atoms with Gasteiger partial charge in [0.1, 0.15) is 12.1 Å². The summed E-state index contributed by atoms with van der Waals surface area (Å²) in [5, 5.41) is 7.52. The molecule has 2 aliphatic heterocycles. The summed E-state index contributed by atoms with van der Waals surface area (Å²) in [5.74, 6) is 0.112. The molecule has 0 aliphatic carbocycles. The SMILES string of the molecule is CC(C)[C@@H]1NC(=O)[C@@H]2C[C@H](NCc3cccc4cccnc34)CN2C1=O. The van der Waals surface area contributed by atoms with E-state index in [-0.39, 0.29) is 29.8 Å². The van der Waals surface area contributed by atoms with E-state index in [0.717, 1.165) is 16.5 Å². The number of pyridine rings is 1. The minimum atomic E-state index is -0.403. The van der Waals surface area contributed by atoms with Crippen molar-refractivity contribution in [2.75, 3.05) is 6.54 Å². The number of piperazine rings is 1. The zero-order chi connectivity index (χ0) is 18.3. The number of para-hydroxylation sites is 1. The zero-order valence-corrected chi connectivity index (χ0v) is 15.1. The summed E-state index contributed by atoms with van der Waals surface area (Å²) in [6, 6.07) is 9.50. The van der Waals surface area contributed by atoms with Crippen LogP contribution in [0.4, 0.5) is 0 Å². The average Bonchev–Trinajstić information content (AvgIpc) is 3.08. The lowest BCUT2D eigenvalue weighted by molar-refractivity contribution is -0.148. The minimum Gasteiger partial charge on any atom is -0.342 e. The number of carbonyl (C=O) groups is 2. The molecule has 4 rings (SSSR count). The van der Waals surface area contributed by atoms with E-state index in [1.54, 1.807) is 11.1 Å². The fourth-order valence-corrected chi connectivity index (χ4v) is 3.98. The minimum absolute atomic E-state index is 0.0283. The molecule has 0 saturated carbocycles. The Kier molecular flexibility index (Phi) is 4.36. The lowest BCUT2D eigenvalue weighted by atomic mass is 9.98. The van der Waals surface area contributed by atoms with Crippen molar-refractivity contribution in [3.05, 3.63) is 42.1 Å². The van der Waals surface area contributed by atoms with Crippen molar-refractivity contribution in [3.63, 3.8) is 0 Å². The van der Waals surface area contributed by atoms with Gasteiger partial charge in [-0.05, 0) is 24.0 Å². The van der Waals surface area contributed by atoms with Crippen molar-refractivity contribution < 1.29 is 9.59 Å². The van der Waals surface area contributed by atoms with Gasteiger partial charge in [0.25, 0.3) is 0 Å². The van der Waals surface area contributed by atoms with Crippen LogP contribution in [-0.4, -0.2) is 46.4 Å². The number of rotatable bonds is 4. The molecule has 0 radical (unpaired) electrons. The van der Waals surface area contributed by atoms with Gasteiger partial charge < -0.3 is 15.5 Å². The maximum absolute atomic E-state index is 12.7. The van der Waals surface area contributed by atoms with Gasteiger partial charge in [0.15, 0.2) is 0 Å². The van der Waals surface area contributed by atoms with Crippen LogP contribution in [0.1, 0.15) is 25.8 Å². The fraction of sp³-hybridized carbons (Fsp3) is 0.450. The van der Waals surface area contributed by atoms with E-state index in [4.69, 9.17) is 0 Å². The molecule has 2 aromatic rings. The number of fused-ring (bicyclic) bond motifs is 2. The summed E-state index contributed by atoms with van der Waals surface area (Å²) in [4.78, 5) is 31.3. The quantitative estimate of drug-likeness (QED) is 0.873. The monoisotopic (exact) mass is 352 g/mol. The molecule has 136 valence electrons. The third-order valence-electron chi connectivity index (χ3n) is 5.41. The second-order valence-corrected chi connectivity index (χ2v) is 7.54. The van der Waals surface area contributed by atoms with Gasteiger partial charge >= 0.3 is 0 Å². The van der Waals surface area contributed by atoms with E-state index in [1.165, 1.54) is 0 Å². The maximum Gasteiger partial charge on any atom is 0.246 e. The highest BCUT2D eigenvalue weighted by Gasteiger charge is 2.46. The first-order valence-corrected chi connectivity index (χ1v) is 9.21. The number of nitrogens with zero attached hydrogens (tertiary/aromatic N) is 2. The second kappa shape index (κ2) is 6.68. The van der Waals surface area contributed by atoms with E-state index in [9.17, 15) is 9.59 Å². The van der Waals surface area contributed by atoms with Crippen LogP contribution < -0.4 is 10.6 Å². The largest absolute Gasteiger partial charge is 0.342 e. The molecule has 2 aliphatic rings. The van der Waals surface area contributed by atoms with Gasteiger partial charge in [-0.25, -0.2) is 0 Å². The summed E-state index contributed by atoms with van der Waals surface area (Å²) in [7, 11) is 0. The topological polar surface area (TPSA) is 74.3 Å². The van der Waals surface area contributed by atoms with Gasteiger partial charge in [0.05, 0.1) is 5.52 Å². The van der Waals surface area contributed by atoms with Crippen molar-refractivity contribution in [3.8, 4) is 0 Å². The highest BCUT2D eigenvalue weighted by molar-refractivity contribution is 5.97. The molecular formula is C20H24N4O2. The Hall–Kier alpha value is -2.47. The molecule has 3 heterocycles. The van der Waals surface area contributed by atoms with Crippen molar-refractivity contribution in [2.24, 2.45) is 5.92 Å². The van der Waals surface area contributed by atoms with Crippen LogP contribution >= 0.6 is 0 Å². The first-order chi connectivity index (χ1) is 12.5. The molecule has 6 nitrogen and oxygen atoms in total. The molecule has 26 heavy (non-hydrogen) atoms. The first-order valence-electron chi connectivity index (χ1n) is 9.21. The fourth-order valence-electron chi connectivity index (χ4n) is 3.98. The van der Waals surface area contributed by atoms with E-state index < -0.39 is 6.04 Å². The Morgan fingerprint density at radius 2 is 2.08 bits per heavy atom. The molecule has 3 atom stereocenters. The smallest absolute Gasteiger partial charge is 0.246 e. The van der Waals surface area contributed by atoms with E-state index in [0.29, 0.717) is 19.5 Å². The molecule has 1 aromatic carbocycles. The third kappa shape index (κ3) is 2.94. The third-order valence-corrected chi connectivity index (χ3v) is 5.41. The van der Waals surface area contributed by atoms with Crippen LogP contribution in [0.25, 0.3) is 10.9 Å². The standard InChI is InChI=1S/C20H24N4O2/c1-12(2)17-20(26)24-11-15(9-16(24)19(25)23-17)22-10-14-6-3-5-13-7-4-8-21-18(13)14/h3-8,12,15-17,22H,9-11H2,1-2H3,(H,23,25)/t15-,16-,17-/m0/s1. The molecule has 0 unspecified atom stereocenters. The second-order valence-electron chi connectivity index (χ2n) is 7.54. The highest BCUT2D eigenvalue weighted by Crippen LogP contribution is 2.25. The van der Waals surface area contributed by atoms with Crippen molar-refractivity contribution in [1.82, 2.24) is 20.5 Å². The van der Waals surface area contributed by atoms with Crippen LogP contribution in [0.3, 0.4) is 0 Å². The Morgan fingerprint density at radius 3 is 2.88 bits per heavy atom. The van der Waals surface area contributed by atoms with Crippen LogP contribution in [-0.2, 0) is 16.1 Å². The maximum atomic E-state index is 12.7.